The largest absolute Gasteiger partial charge is 0.481 e. The molecule has 4 heteroatoms. The number of rotatable bonds is 5. The molecule has 2 aromatic rings. The van der Waals surface area contributed by atoms with Crippen molar-refractivity contribution in [3.05, 3.63) is 58.1 Å². The van der Waals surface area contributed by atoms with Crippen LogP contribution in [0.25, 0.3) is 0 Å². The molecule has 0 aromatic heterocycles. The van der Waals surface area contributed by atoms with Gasteiger partial charge >= 0.3 is 0 Å². The number of nitrogens with one attached hydrogen (secondary N) is 1. The van der Waals surface area contributed by atoms with Crippen molar-refractivity contribution in [1.29, 1.82) is 0 Å². The van der Waals surface area contributed by atoms with E-state index in [-0.39, 0.29) is 5.91 Å². The van der Waals surface area contributed by atoms with Gasteiger partial charge in [-0.2, -0.15) is 0 Å². The average molecular weight is 388 g/mol. The average Bonchev–Trinajstić information content (AvgIpc) is 2.61. The Morgan fingerprint density at radius 3 is 2.54 bits per heavy atom. The van der Waals surface area contributed by atoms with Crippen molar-refractivity contribution < 1.29 is 9.53 Å². The van der Waals surface area contributed by atoms with E-state index < -0.39 is 6.10 Å². The van der Waals surface area contributed by atoms with Gasteiger partial charge in [0.25, 0.3) is 5.91 Å². The SMILES string of the molecule is CC[C@@H](Oc1ccc2c(c1)CCCC2)C(=O)Nc1ccc(Br)cc1. The zero-order valence-corrected chi connectivity index (χ0v) is 15.4. The molecule has 0 heterocycles. The zero-order valence-electron chi connectivity index (χ0n) is 13.8. The van der Waals surface area contributed by atoms with Gasteiger partial charge < -0.3 is 10.1 Å². The number of amides is 1. The van der Waals surface area contributed by atoms with Crippen molar-refractivity contribution in [3.8, 4) is 5.75 Å². The Bertz CT molecular complexity index is 712. The summed E-state index contributed by atoms with van der Waals surface area (Å²) in [5, 5.41) is 2.92. The summed E-state index contributed by atoms with van der Waals surface area (Å²) in [5.41, 5.74) is 3.55. The van der Waals surface area contributed by atoms with E-state index in [1.165, 1.54) is 24.0 Å². The van der Waals surface area contributed by atoms with E-state index in [9.17, 15) is 4.79 Å². The number of benzene rings is 2. The maximum absolute atomic E-state index is 12.5. The lowest BCUT2D eigenvalue weighted by atomic mass is 9.92. The molecule has 126 valence electrons. The van der Waals surface area contributed by atoms with Crippen molar-refractivity contribution in [2.45, 2.75) is 45.1 Å². The molecule has 0 saturated heterocycles. The number of anilines is 1. The van der Waals surface area contributed by atoms with Gasteiger partial charge in [0.05, 0.1) is 0 Å². The first kappa shape index (κ1) is 17.0. The van der Waals surface area contributed by atoms with Crippen LogP contribution in [0.3, 0.4) is 0 Å². The van der Waals surface area contributed by atoms with Crippen molar-refractivity contribution >= 4 is 27.5 Å². The highest BCUT2D eigenvalue weighted by atomic mass is 79.9. The maximum atomic E-state index is 12.5. The third-order valence-electron chi connectivity index (χ3n) is 4.37. The highest BCUT2D eigenvalue weighted by molar-refractivity contribution is 9.10. The molecule has 2 aromatic carbocycles. The Hall–Kier alpha value is -1.81. The van der Waals surface area contributed by atoms with Gasteiger partial charge in [0.15, 0.2) is 6.10 Å². The molecule has 1 aliphatic rings. The summed E-state index contributed by atoms with van der Waals surface area (Å²) in [7, 11) is 0. The molecule has 3 nitrogen and oxygen atoms in total. The molecular formula is C20H22BrNO2. The molecule has 1 amide bonds. The van der Waals surface area contributed by atoms with Crippen LogP contribution in [0.1, 0.15) is 37.3 Å². The minimum Gasteiger partial charge on any atom is -0.481 e. The Kier molecular flexibility index (Phi) is 5.56. The van der Waals surface area contributed by atoms with Gasteiger partial charge in [-0.25, -0.2) is 0 Å². The number of fused-ring (bicyclic) bond motifs is 1. The summed E-state index contributed by atoms with van der Waals surface area (Å²) in [6.45, 7) is 1.96. The Morgan fingerprint density at radius 1 is 1.12 bits per heavy atom. The minimum atomic E-state index is -0.490. The summed E-state index contributed by atoms with van der Waals surface area (Å²) >= 11 is 3.39. The van der Waals surface area contributed by atoms with Crippen LogP contribution >= 0.6 is 15.9 Å². The highest BCUT2D eigenvalue weighted by Crippen LogP contribution is 2.26. The molecule has 0 radical (unpaired) electrons. The molecule has 1 atom stereocenters. The van der Waals surface area contributed by atoms with Crippen LogP contribution in [0.4, 0.5) is 5.69 Å². The van der Waals surface area contributed by atoms with E-state index >= 15 is 0 Å². The molecule has 0 bridgehead atoms. The molecule has 0 aliphatic heterocycles. The van der Waals surface area contributed by atoms with E-state index in [0.29, 0.717) is 6.42 Å². The second-order valence-electron chi connectivity index (χ2n) is 6.15. The van der Waals surface area contributed by atoms with E-state index in [2.05, 4.69) is 33.4 Å². The molecular weight excluding hydrogens is 366 g/mol. The minimum absolute atomic E-state index is 0.113. The molecule has 24 heavy (non-hydrogen) atoms. The molecule has 0 spiro atoms. The van der Waals surface area contributed by atoms with Crippen LogP contribution < -0.4 is 10.1 Å². The third-order valence-corrected chi connectivity index (χ3v) is 4.90. The normalized spacial score (nSPS) is 14.6. The lowest BCUT2D eigenvalue weighted by Gasteiger charge is -2.20. The first-order valence-electron chi connectivity index (χ1n) is 8.50. The summed E-state index contributed by atoms with van der Waals surface area (Å²) in [5.74, 6) is 0.672. The molecule has 0 fully saturated rings. The quantitative estimate of drug-likeness (QED) is 0.772. The summed E-state index contributed by atoms with van der Waals surface area (Å²) in [6.07, 6.45) is 4.89. The van der Waals surface area contributed by atoms with Gasteiger partial charge in [0, 0.05) is 10.2 Å². The first-order valence-corrected chi connectivity index (χ1v) is 9.30. The molecule has 3 rings (SSSR count). The van der Waals surface area contributed by atoms with Crippen molar-refractivity contribution in [1.82, 2.24) is 0 Å². The monoisotopic (exact) mass is 387 g/mol. The van der Waals surface area contributed by atoms with Crippen molar-refractivity contribution in [2.75, 3.05) is 5.32 Å². The molecule has 0 unspecified atom stereocenters. The Labute approximate surface area is 151 Å². The van der Waals surface area contributed by atoms with Gasteiger partial charge in [0.1, 0.15) is 5.75 Å². The zero-order chi connectivity index (χ0) is 16.9. The first-order chi connectivity index (χ1) is 11.7. The number of aryl methyl sites for hydroxylation is 2. The fourth-order valence-corrected chi connectivity index (χ4v) is 3.29. The maximum Gasteiger partial charge on any atom is 0.265 e. The van der Waals surface area contributed by atoms with E-state index in [0.717, 1.165) is 28.8 Å². The van der Waals surface area contributed by atoms with Crippen molar-refractivity contribution in [2.24, 2.45) is 0 Å². The lowest BCUT2D eigenvalue weighted by Crippen LogP contribution is -2.32. The molecule has 1 aliphatic carbocycles. The van der Waals surface area contributed by atoms with E-state index in [4.69, 9.17) is 4.74 Å². The van der Waals surface area contributed by atoms with Crippen LogP contribution in [-0.2, 0) is 17.6 Å². The van der Waals surface area contributed by atoms with Crippen molar-refractivity contribution in [3.63, 3.8) is 0 Å². The number of ether oxygens (including phenoxy) is 1. The van der Waals surface area contributed by atoms with Crippen LogP contribution in [-0.4, -0.2) is 12.0 Å². The predicted octanol–water partition coefficient (Wildman–Crippen LogP) is 5.12. The third kappa shape index (κ3) is 4.18. The fraction of sp³-hybridized carbons (Fsp3) is 0.350. The number of hydrogen-bond acceptors (Lipinski definition) is 2. The smallest absolute Gasteiger partial charge is 0.265 e. The lowest BCUT2D eigenvalue weighted by molar-refractivity contribution is -0.122. The molecule has 1 N–H and O–H groups in total. The van der Waals surface area contributed by atoms with E-state index in [1.54, 1.807) is 0 Å². The van der Waals surface area contributed by atoms with Gasteiger partial charge in [-0.15, -0.1) is 0 Å². The second-order valence-corrected chi connectivity index (χ2v) is 7.06. The van der Waals surface area contributed by atoms with Crippen LogP contribution in [0.5, 0.6) is 5.75 Å². The Balaban J connectivity index is 1.67. The number of hydrogen-bond donors (Lipinski definition) is 1. The van der Waals surface area contributed by atoms with Gasteiger partial charge in [-0.1, -0.05) is 28.9 Å². The number of halogens is 1. The van der Waals surface area contributed by atoms with Crippen LogP contribution in [0, 0.1) is 0 Å². The van der Waals surface area contributed by atoms with E-state index in [1.807, 2.05) is 37.3 Å². The Morgan fingerprint density at radius 2 is 1.83 bits per heavy atom. The topological polar surface area (TPSA) is 38.3 Å². The highest BCUT2D eigenvalue weighted by Gasteiger charge is 2.19. The summed E-state index contributed by atoms with van der Waals surface area (Å²) < 4.78 is 6.95. The fourth-order valence-electron chi connectivity index (χ4n) is 3.03. The predicted molar refractivity (Wildman–Crippen MR) is 101 cm³/mol. The number of carbonyl (C=O) groups is 1. The van der Waals surface area contributed by atoms with Gasteiger partial charge in [-0.3, -0.25) is 4.79 Å². The summed E-state index contributed by atoms with van der Waals surface area (Å²) in [6, 6.07) is 13.8. The van der Waals surface area contributed by atoms with Gasteiger partial charge in [0.2, 0.25) is 0 Å². The van der Waals surface area contributed by atoms with Gasteiger partial charge in [-0.05, 0) is 79.6 Å². The van der Waals surface area contributed by atoms with Crippen LogP contribution in [0.15, 0.2) is 46.9 Å². The summed E-state index contributed by atoms with van der Waals surface area (Å²) in [4.78, 5) is 12.5. The second kappa shape index (κ2) is 7.84. The van der Waals surface area contributed by atoms with Crippen LogP contribution in [0.2, 0.25) is 0 Å². The molecule has 0 saturated carbocycles. The standard InChI is InChI=1S/C20H22BrNO2/c1-2-19(20(23)22-17-10-8-16(21)9-11-17)24-18-12-7-14-5-3-4-6-15(14)13-18/h7-13,19H,2-6H2,1H3,(H,22,23)/t19-/m1/s1. The number of carbonyl (C=O) groups excluding carboxylic acids is 1.